The van der Waals surface area contributed by atoms with E-state index in [1.807, 2.05) is 0 Å². The molecule has 0 amide bonds. The average Bonchev–Trinajstić information content (AvgIpc) is 2.26. The van der Waals surface area contributed by atoms with Crippen molar-refractivity contribution in [3.8, 4) is 11.5 Å². The van der Waals surface area contributed by atoms with Gasteiger partial charge < -0.3 is 15.4 Å². The van der Waals surface area contributed by atoms with E-state index in [2.05, 4.69) is 5.16 Å². The summed E-state index contributed by atoms with van der Waals surface area (Å²) in [6.45, 7) is 3.17. The van der Waals surface area contributed by atoms with Gasteiger partial charge in [-0.2, -0.15) is 0 Å². The monoisotopic (exact) mass is 241 g/mol. The lowest BCUT2D eigenvalue weighted by Gasteiger charge is -2.08. The predicted molar refractivity (Wildman–Crippen MR) is 57.9 cm³/mol. The number of aromatic hydroxyl groups is 2. The third kappa shape index (κ3) is 2.52. The Kier molecular flexibility index (Phi) is 3.67. The highest BCUT2D eigenvalue weighted by molar-refractivity contribution is 6.46. The summed E-state index contributed by atoms with van der Waals surface area (Å²) in [6.07, 6.45) is 0. The van der Waals surface area contributed by atoms with Gasteiger partial charge in [-0.3, -0.25) is 4.79 Å². The first-order valence-corrected chi connectivity index (χ1v) is 4.86. The number of nitrogens with zero attached hydrogens (tertiary/aromatic N) is 1. The van der Waals surface area contributed by atoms with Gasteiger partial charge in [-0.05, 0) is 12.1 Å². The summed E-state index contributed by atoms with van der Waals surface area (Å²) in [4.78, 5) is 11.6. The highest BCUT2D eigenvalue weighted by atomic mass is 19.1. The summed E-state index contributed by atoms with van der Waals surface area (Å²) in [5.41, 5.74) is -0.465. The number of carbonyl (C=O) groups is 1. The molecule has 0 aromatic heterocycles. The molecule has 1 aromatic carbocycles. The SMILES string of the molecule is CC(C)C(=O)/C(=N\O)c1cc(O)c(O)c(F)c1. The summed E-state index contributed by atoms with van der Waals surface area (Å²) in [6, 6.07) is 1.76. The van der Waals surface area contributed by atoms with Crippen molar-refractivity contribution in [3.63, 3.8) is 0 Å². The van der Waals surface area contributed by atoms with Crippen molar-refractivity contribution in [1.29, 1.82) is 0 Å². The van der Waals surface area contributed by atoms with Crippen LogP contribution >= 0.6 is 0 Å². The van der Waals surface area contributed by atoms with E-state index >= 15 is 0 Å². The summed E-state index contributed by atoms with van der Waals surface area (Å²) < 4.78 is 13.1. The van der Waals surface area contributed by atoms with Gasteiger partial charge in [-0.1, -0.05) is 19.0 Å². The third-order valence-corrected chi connectivity index (χ3v) is 2.17. The molecule has 0 saturated carbocycles. The molecular formula is C11H12FNO4. The molecule has 0 unspecified atom stereocenters. The topological polar surface area (TPSA) is 90.1 Å². The zero-order chi connectivity index (χ0) is 13.2. The Bertz CT molecular complexity index is 459. The maximum Gasteiger partial charge on any atom is 0.194 e. The van der Waals surface area contributed by atoms with E-state index in [9.17, 15) is 14.3 Å². The van der Waals surface area contributed by atoms with Crippen LogP contribution in [0.3, 0.4) is 0 Å². The maximum absolute atomic E-state index is 13.1. The Balaban J connectivity index is 3.28. The molecule has 1 rings (SSSR count). The van der Waals surface area contributed by atoms with Gasteiger partial charge >= 0.3 is 0 Å². The third-order valence-electron chi connectivity index (χ3n) is 2.17. The van der Waals surface area contributed by atoms with Crippen molar-refractivity contribution in [2.24, 2.45) is 11.1 Å². The molecule has 0 fully saturated rings. The number of carbonyl (C=O) groups excluding carboxylic acids is 1. The fraction of sp³-hybridized carbons (Fsp3) is 0.273. The molecule has 0 radical (unpaired) electrons. The van der Waals surface area contributed by atoms with Crippen molar-refractivity contribution in [2.75, 3.05) is 0 Å². The second kappa shape index (κ2) is 4.82. The van der Waals surface area contributed by atoms with Crippen LogP contribution in [0.25, 0.3) is 0 Å². The molecule has 0 atom stereocenters. The van der Waals surface area contributed by atoms with E-state index < -0.39 is 29.0 Å². The van der Waals surface area contributed by atoms with E-state index in [4.69, 9.17) is 10.3 Å². The van der Waals surface area contributed by atoms with Gasteiger partial charge in [0.25, 0.3) is 0 Å². The number of ketones is 1. The van der Waals surface area contributed by atoms with Crippen molar-refractivity contribution >= 4 is 11.5 Å². The summed E-state index contributed by atoms with van der Waals surface area (Å²) >= 11 is 0. The van der Waals surface area contributed by atoms with Crippen molar-refractivity contribution in [2.45, 2.75) is 13.8 Å². The first kappa shape index (κ1) is 13.0. The highest BCUT2D eigenvalue weighted by Gasteiger charge is 2.21. The van der Waals surface area contributed by atoms with Crippen molar-refractivity contribution in [3.05, 3.63) is 23.5 Å². The molecule has 0 heterocycles. The Morgan fingerprint density at radius 1 is 1.35 bits per heavy atom. The Morgan fingerprint density at radius 3 is 2.35 bits per heavy atom. The lowest BCUT2D eigenvalue weighted by atomic mass is 9.98. The molecule has 0 aliphatic carbocycles. The molecule has 5 nitrogen and oxygen atoms in total. The Hall–Kier alpha value is -2.11. The predicted octanol–water partition coefficient (Wildman–Crippen LogP) is 1.64. The Labute approximate surface area is 96.8 Å². The number of oxime groups is 1. The van der Waals surface area contributed by atoms with Crippen LogP contribution in [0.5, 0.6) is 11.5 Å². The van der Waals surface area contributed by atoms with Gasteiger partial charge in [0.2, 0.25) is 0 Å². The minimum absolute atomic E-state index is 0.0981. The zero-order valence-corrected chi connectivity index (χ0v) is 9.31. The van der Waals surface area contributed by atoms with Gasteiger partial charge in [-0.15, -0.1) is 0 Å². The maximum atomic E-state index is 13.1. The summed E-state index contributed by atoms with van der Waals surface area (Å²) in [5, 5.41) is 29.8. The van der Waals surface area contributed by atoms with E-state index in [1.54, 1.807) is 13.8 Å². The molecular weight excluding hydrogens is 229 g/mol. The van der Waals surface area contributed by atoms with Crippen LogP contribution in [0.15, 0.2) is 17.3 Å². The van der Waals surface area contributed by atoms with Crippen molar-refractivity contribution in [1.82, 2.24) is 0 Å². The number of phenols is 2. The molecule has 0 aliphatic heterocycles. The molecule has 1 aromatic rings. The lowest BCUT2D eigenvalue weighted by molar-refractivity contribution is -0.115. The second-order valence-corrected chi connectivity index (χ2v) is 3.79. The minimum Gasteiger partial charge on any atom is -0.504 e. The fourth-order valence-corrected chi connectivity index (χ4v) is 1.24. The van der Waals surface area contributed by atoms with Crippen LogP contribution in [0.2, 0.25) is 0 Å². The lowest BCUT2D eigenvalue weighted by Crippen LogP contribution is -2.21. The molecule has 3 N–H and O–H groups in total. The summed E-state index contributed by atoms with van der Waals surface area (Å²) in [7, 11) is 0. The quantitative estimate of drug-likeness (QED) is 0.325. The number of hydrogen-bond acceptors (Lipinski definition) is 5. The van der Waals surface area contributed by atoms with E-state index in [0.717, 1.165) is 12.1 Å². The van der Waals surface area contributed by atoms with Crippen LogP contribution in [0.4, 0.5) is 4.39 Å². The average molecular weight is 241 g/mol. The van der Waals surface area contributed by atoms with Crippen LogP contribution in [-0.2, 0) is 4.79 Å². The minimum atomic E-state index is -1.10. The van der Waals surface area contributed by atoms with Gasteiger partial charge in [0.1, 0.15) is 0 Å². The van der Waals surface area contributed by atoms with Gasteiger partial charge in [-0.25, -0.2) is 4.39 Å². The molecule has 6 heteroatoms. The van der Waals surface area contributed by atoms with Crippen LogP contribution < -0.4 is 0 Å². The van der Waals surface area contributed by atoms with E-state index in [1.165, 1.54) is 0 Å². The number of benzene rings is 1. The first-order valence-electron chi connectivity index (χ1n) is 4.86. The standard InChI is InChI=1S/C11H12FNO4/c1-5(2)10(15)9(13-17)6-3-7(12)11(16)8(14)4-6/h3-5,14,16-17H,1-2H3/b13-9-. The normalized spacial score (nSPS) is 11.9. The highest BCUT2D eigenvalue weighted by Crippen LogP contribution is 2.29. The number of rotatable bonds is 3. The van der Waals surface area contributed by atoms with Gasteiger partial charge in [0.15, 0.2) is 28.8 Å². The number of Topliss-reactive ketones (excluding diaryl/α,β-unsaturated/α-hetero) is 1. The van der Waals surface area contributed by atoms with E-state index in [0.29, 0.717) is 0 Å². The molecule has 0 bridgehead atoms. The van der Waals surface area contributed by atoms with Crippen LogP contribution in [0.1, 0.15) is 19.4 Å². The molecule has 0 aliphatic rings. The first-order chi connectivity index (χ1) is 7.88. The largest absolute Gasteiger partial charge is 0.504 e. The number of phenolic OH excluding ortho intramolecular Hbond substituents is 2. The Morgan fingerprint density at radius 2 is 1.94 bits per heavy atom. The fourth-order valence-electron chi connectivity index (χ4n) is 1.24. The van der Waals surface area contributed by atoms with Crippen molar-refractivity contribution < 1.29 is 24.6 Å². The molecule has 0 spiro atoms. The molecule has 92 valence electrons. The smallest absolute Gasteiger partial charge is 0.194 e. The van der Waals surface area contributed by atoms with E-state index in [-0.39, 0.29) is 11.3 Å². The van der Waals surface area contributed by atoms with Gasteiger partial charge in [0.05, 0.1) is 0 Å². The van der Waals surface area contributed by atoms with Crippen LogP contribution in [-0.4, -0.2) is 26.9 Å². The van der Waals surface area contributed by atoms with Gasteiger partial charge in [0, 0.05) is 11.5 Å². The zero-order valence-electron chi connectivity index (χ0n) is 9.31. The number of halogens is 1. The number of hydrogen-bond donors (Lipinski definition) is 3. The summed E-state index contributed by atoms with van der Waals surface area (Å²) in [5.74, 6) is -3.68. The molecule has 0 saturated heterocycles. The second-order valence-electron chi connectivity index (χ2n) is 3.79. The molecule has 17 heavy (non-hydrogen) atoms. The van der Waals surface area contributed by atoms with Crippen LogP contribution in [0, 0.1) is 11.7 Å².